The first kappa shape index (κ1) is 21.2. The quantitative estimate of drug-likeness (QED) is 0.780. The molecule has 0 bridgehead atoms. The van der Waals surface area contributed by atoms with Crippen molar-refractivity contribution in [3.05, 3.63) is 49.3 Å². The van der Waals surface area contributed by atoms with Gasteiger partial charge in [0.1, 0.15) is 5.56 Å². The molecule has 1 unspecified atom stereocenters. The van der Waals surface area contributed by atoms with Gasteiger partial charge in [-0.25, -0.2) is 4.98 Å². The van der Waals surface area contributed by atoms with Crippen LogP contribution >= 0.6 is 11.3 Å². The molecule has 4 rings (SSSR count). The number of pyridine rings is 1. The summed E-state index contributed by atoms with van der Waals surface area (Å²) in [6, 6.07) is 1.84. The number of aromatic nitrogens is 2. The number of aliphatic hydroxyl groups is 1. The Morgan fingerprint density at radius 1 is 1.33 bits per heavy atom. The molecule has 4 heterocycles. The van der Waals surface area contributed by atoms with Crippen LogP contribution in [0.1, 0.15) is 51.6 Å². The second-order valence-corrected chi connectivity index (χ2v) is 10.1. The van der Waals surface area contributed by atoms with Gasteiger partial charge in [-0.3, -0.25) is 14.5 Å². The van der Waals surface area contributed by atoms with Crippen molar-refractivity contribution in [2.75, 3.05) is 26.2 Å². The highest BCUT2D eigenvalue weighted by Gasteiger charge is 2.42. The van der Waals surface area contributed by atoms with E-state index >= 15 is 0 Å². The lowest BCUT2D eigenvalue weighted by Crippen LogP contribution is -2.54. The number of rotatable bonds is 3. The van der Waals surface area contributed by atoms with Crippen LogP contribution in [0.2, 0.25) is 0 Å². The molecule has 30 heavy (non-hydrogen) atoms. The lowest BCUT2D eigenvalue weighted by Gasteiger charge is -2.49. The number of aromatic amines is 1. The zero-order valence-corrected chi connectivity index (χ0v) is 18.7. The second-order valence-electron chi connectivity index (χ2n) is 9.02. The Kier molecular flexibility index (Phi) is 5.83. The molecule has 2 aliphatic rings. The van der Waals surface area contributed by atoms with Gasteiger partial charge in [0.15, 0.2) is 0 Å². The Morgan fingerprint density at radius 2 is 2.07 bits per heavy atom. The van der Waals surface area contributed by atoms with Crippen molar-refractivity contribution in [3.8, 4) is 0 Å². The normalized spacial score (nSPS) is 21.9. The van der Waals surface area contributed by atoms with E-state index in [-0.39, 0.29) is 28.5 Å². The van der Waals surface area contributed by atoms with Crippen molar-refractivity contribution in [3.63, 3.8) is 0 Å². The van der Waals surface area contributed by atoms with Crippen LogP contribution in [0.4, 0.5) is 0 Å². The van der Waals surface area contributed by atoms with E-state index in [0.717, 1.165) is 54.3 Å². The fourth-order valence-corrected chi connectivity index (χ4v) is 5.72. The fraction of sp³-hybridized carbons (Fsp3) is 0.591. The van der Waals surface area contributed by atoms with Crippen LogP contribution in [0.5, 0.6) is 0 Å². The molecular formula is C22H30N4O3S. The molecule has 0 saturated carbocycles. The second kappa shape index (κ2) is 8.24. The zero-order valence-electron chi connectivity index (χ0n) is 17.9. The summed E-state index contributed by atoms with van der Waals surface area (Å²) in [5.41, 5.74) is 2.49. The third kappa shape index (κ3) is 4.36. The van der Waals surface area contributed by atoms with Gasteiger partial charge in [-0.15, -0.1) is 11.3 Å². The van der Waals surface area contributed by atoms with E-state index in [1.54, 1.807) is 16.2 Å². The number of nitrogens with one attached hydrogen (secondary N) is 1. The van der Waals surface area contributed by atoms with E-state index in [0.29, 0.717) is 19.6 Å². The third-order valence-corrected chi connectivity index (χ3v) is 7.26. The summed E-state index contributed by atoms with van der Waals surface area (Å²) in [5.74, 6) is -0.185. The van der Waals surface area contributed by atoms with Crippen molar-refractivity contribution in [2.24, 2.45) is 5.41 Å². The van der Waals surface area contributed by atoms with E-state index in [4.69, 9.17) is 0 Å². The van der Waals surface area contributed by atoms with Gasteiger partial charge in [-0.1, -0.05) is 0 Å². The molecule has 7 nitrogen and oxygen atoms in total. The number of aliphatic hydroxyl groups excluding tert-OH is 1. The molecule has 2 saturated heterocycles. The Morgan fingerprint density at radius 3 is 2.70 bits per heavy atom. The minimum atomic E-state index is -0.358. The maximum atomic E-state index is 13.0. The monoisotopic (exact) mass is 430 g/mol. The lowest BCUT2D eigenvalue weighted by molar-refractivity contribution is -0.0407. The van der Waals surface area contributed by atoms with Crippen molar-refractivity contribution in [1.29, 1.82) is 0 Å². The number of hydrogen-bond acceptors (Lipinski definition) is 6. The average Bonchev–Trinajstić information content (AvgIpc) is 3.05. The van der Waals surface area contributed by atoms with Gasteiger partial charge in [0.2, 0.25) is 0 Å². The van der Waals surface area contributed by atoms with Crippen LogP contribution in [-0.2, 0) is 6.54 Å². The molecule has 1 spiro atoms. The Balaban J connectivity index is 1.44. The molecule has 162 valence electrons. The Hall–Kier alpha value is -2.03. The first-order valence-electron chi connectivity index (χ1n) is 10.6. The van der Waals surface area contributed by atoms with Gasteiger partial charge < -0.3 is 15.0 Å². The molecule has 2 N–H and O–H groups in total. The summed E-state index contributed by atoms with van der Waals surface area (Å²) < 4.78 is 0. The average molecular weight is 431 g/mol. The Bertz CT molecular complexity index is 991. The first-order chi connectivity index (χ1) is 14.2. The minimum absolute atomic E-state index is 0.00819. The molecule has 2 aromatic rings. The van der Waals surface area contributed by atoms with Crippen molar-refractivity contribution < 1.29 is 9.90 Å². The molecule has 2 fully saturated rings. The number of likely N-dealkylation sites (tertiary alicyclic amines) is 2. The molecule has 8 heteroatoms. The number of thiazole rings is 1. The van der Waals surface area contributed by atoms with E-state index in [2.05, 4.69) is 20.2 Å². The number of hydrogen-bond donors (Lipinski definition) is 2. The van der Waals surface area contributed by atoms with E-state index in [1.807, 2.05) is 26.8 Å². The van der Waals surface area contributed by atoms with E-state index in [9.17, 15) is 14.7 Å². The molecular weight excluding hydrogens is 400 g/mol. The van der Waals surface area contributed by atoms with Crippen molar-refractivity contribution in [2.45, 2.75) is 52.7 Å². The maximum absolute atomic E-state index is 13.0. The maximum Gasteiger partial charge on any atom is 0.261 e. The van der Waals surface area contributed by atoms with Crippen molar-refractivity contribution in [1.82, 2.24) is 19.8 Å². The smallest absolute Gasteiger partial charge is 0.261 e. The topological polar surface area (TPSA) is 89.5 Å². The minimum Gasteiger partial charge on any atom is -0.392 e. The first-order valence-corrected chi connectivity index (χ1v) is 11.4. The van der Waals surface area contributed by atoms with E-state index in [1.165, 1.54) is 0 Å². The highest BCUT2D eigenvalue weighted by molar-refractivity contribution is 7.09. The van der Waals surface area contributed by atoms with Gasteiger partial charge in [-0.05, 0) is 57.1 Å². The van der Waals surface area contributed by atoms with Crippen LogP contribution in [-0.4, -0.2) is 63.1 Å². The molecule has 0 radical (unpaired) electrons. The summed E-state index contributed by atoms with van der Waals surface area (Å²) in [7, 11) is 0. The van der Waals surface area contributed by atoms with Crippen molar-refractivity contribution >= 4 is 17.2 Å². The third-order valence-electron chi connectivity index (χ3n) is 6.44. The molecule has 1 amide bonds. The predicted molar refractivity (Wildman–Crippen MR) is 117 cm³/mol. The van der Waals surface area contributed by atoms with Gasteiger partial charge in [-0.2, -0.15) is 0 Å². The molecule has 0 aliphatic carbocycles. The standard InChI is InChI=1S/C22H30N4O3S/c1-14-8-15(2)23-20(28)19(14)21(29)26-6-4-22(5-7-26)9-18(27)11-25(13-22)10-17-12-30-16(3)24-17/h8,12,18,27H,4-7,9-11,13H2,1-3H3,(H,23,28). The van der Waals surface area contributed by atoms with Crippen LogP contribution < -0.4 is 5.56 Å². The molecule has 2 aliphatic heterocycles. The summed E-state index contributed by atoms with van der Waals surface area (Å²) in [6.45, 7) is 9.20. The molecule has 1 atom stereocenters. The van der Waals surface area contributed by atoms with Gasteiger partial charge in [0.25, 0.3) is 11.5 Å². The van der Waals surface area contributed by atoms with Crippen LogP contribution in [0.25, 0.3) is 0 Å². The molecule has 2 aromatic heterocycles. The fourth-order valence-electron chi connectivity index (χ4n) is 5.12. The SMILES string of the molecule is Cc1cc(C)c(C(=O)N2CCC3(CC2)CC(O)CN(Cc2csc(C)n2)C3)c(=O)[nH]1. The summed E-state index contributed by atoms with van der Waals surface area (Å²) in [6.07, 6.45) is 2.09. The van der Waals surface area contributed by atoms with Crippen LogP contribution in [0.15, 0.2) is 16.2 Å². The summed E-state index contributed by atoms with van der Waals surface area (Å²) in [4.78, 5) is 36.8. The summed E-state index contributed by atoms with van der Waals surface area (Å²) in [5, 5.41) is 13.7. The number of carbonyl (C=O) groups excluding carboxylic acids is 1. The highest BCUT2D eigenvalue weighted by Crippen LogP contribution is 2.40. The summed E-state index contributed by atoms with van der Waals surface area (Å²) >= 11 is 1.65. The predicted octanol–water partition coefficient (Wildman–Crippen LogP) is 2.25. The number of amides is 1. The number of β-amino-alcohol motifs (C(OH)–C–C–N with tert-alkyl or cyclic N) is 1. The zero-order chi connectivity index (χ0) is 21.5. The van der Waals surface area contributed by atoms with Gasteiger partial charge >= 0.3 is 0 Å². The number of nitrogens with zero attached hydrogens (tertiary/aromatic N) is 3. The van der Waals surface area contributed by atoms with Gasteiger partial charge in [0.05, 0.1) is 16.8 Å². The number of aryl methyl sites for hydroxylation is 3. The lowest BCUT2D eigenvalue weighted by atomic mass is 9.71. The van der Waals surface area contributed by atoms with E-state index < -0.39 is 0 Å². The van der Waals surface area contributed by atoms with Crippen LogP contribution in [0, 0.1) is 26.2 Å². The number of piperidine rings is 2. The molecule has 0 aromatic carbocycles. The van der Waals surface area contributed by atoms with Gasteiger partial charge in [0, 0.05) is 43.8 Å². The van der Waals surface area contributed by atoms with Crippen LogP contribution in [0.3, 0.4) is 0 Å². The highest BCUT2D eigenvalue weighted by atomic mass is 32.1. The number of H-pyrrole nitrogens is 1. The number of carbonyl (C=O) groups is 1. The largest absolute Gasteiger partial charge is 0.392 e. The Labute approximate surface area is 180 Å².